The van der Waals surface area contributed by atoms with Crippen LogP contribution >= 0.6 is 0 Å². The maximum atomic E-state index is 12.7. The van der Waals surface area contributed by atoms with Gasteiger partial charge in [-0.1, -0.05) is 48.5 Å². The Kier molecular flexibility index (Phi) is 7.97. The molecule has 2 fully saturated rings. The molecule has 0 unspecified atom stereocenters. The Morgan fingerprint density at radius 1 is 0.853 bits per heavy atom. The second-order valence-electron chi connectivity index (χ2n) is 8.87. The molecule has 2 aromatic carbocycles. The van der Waals surface area contributed by atoms with Crippen LogP contribution in [0.15, 0.2) is 65.6 Å². The van der Waals surface area contributed by atoms with E-state index in [-0.39, 0.29) is 48.7 Å². The summed E-state index contributed by atoms with van der Waals surface area (Å²) in [4.78, 5) is 29.2. The first kappa shape index (κ1) is 24.4. The summed E-state index contributed by atoms with van der Waals surface area (Å²) in [6.45, 7) is 3.81. The number of carbonyl (C=O) groups excluding carboxylic acids is 2. The zero-order valence-electron chi connectivity index (χ0n) is 19.3. The van der Waals surface area contributed by atoms with Gasteiger partial charge < -0.3 is 10.2 Å². The Morgan fingerprint density at radius 2 is 1.50 bits per heavy atom. The minimum Gasteiger partial charge on any atom is -0.352 e. The molecule has 2 aliphatic heterocycles. The van der Waals surface area contributed by atoms with Gasteiger partial charge in [-0.05, 0) is 24.1 Å². The number of hydrogen-bond donors (Lipinski definition) is 1. The van der Waals surface area contributed by atoms with E-state index in [1.807, 2.05) is 18.2 Å². The van der Waals surface area contributed by atoms with Crippen LogP contribution in [0.25, 0.3) is 0 Å². The van der Waals surface area contributed by atoms with E-state index >= 15 is 0 Å². The van der Waals surface area contributed by atoms with Crippen LogP contribution in [0, 0.1) is 0 Å². The fourth-order valence-corrected chi connectivity index (χ4v) is 5.98. The summed E-state index contributed by atoms with van der Waals surface area (Å²) < 4.78 is 26.9. The summed E-state index contributed by atoms with van der Waals surface area (Å²) in [7, 11) is -3.55. The topological polar surface area (TPSA) is 90.0 Å². The Balaban J connectivity index is 1.16. The number of piperazine rings is 1. The van der Waals surface area contributed by atoms with Crippen LogP contribution in [0.2, 0.25) is 0 Å². The quantitative estimate of drug-likeness (QED) is 0.616. The molecule has 0 bridgehead atoms. The smallest absolute Gasteiger partial charge is 0.243 e. The minimum atomic E-state index is -3.55. The van der Waals surface area contributed by atoms with Gasteiger partial charge in [-0.3, -0.25) is 14.5 Å². The van der Waals surface area contributed by atoms with E-state index in [9.17, 15) is 18.0 Å². The molecule has 9 heteroatoms. The van der Waals surface area contributed by atoms with Crippen LogP contribution in [0.1, 0.15) is 24.8 Å². The number of benzene rings is 2. The molecule has 2 aliphatic rings. The molecule has 0 aromatic heterocycles. The van der Waals surface area contributed by atoms with Gasteiger partial charge in [-0.25, -0.2) is 8.42 Å². The van der Waals surface area contributed by atoms with Crippen molar-refractivity contribution in [3.63, 3.8) is 0 Å². The molecular formula is C25H32N4O4S. The van der Waals surface area contributed by atoms with E-state index in [0.717, 1.165) is 26.1 Å². The molecule has 0 aliphatic carbocycles. The van der Waals surface area contributed by atoms with Crippen molar-refractivity contribution in [1.82, 2.24) is 19.4 Å². The molecule has 182 valence electrons. The van der Waals surface area contributed by atoms with Crippen LogP contribution in [-0.4, -0.2) is 79.6 Å². The molecule has 0 spiro atoms. The third-order valence-electron chi connectivity index (χ3n) is 6.42. The molecular weight excluding hydrogens is 452 g/mol. The molecule has 2 aromatic rings. The molecule has 0 saturated carbocycles. The van der Waals surface area contributed by atoms with Crippen LogP contribution < -0.4 is 5.32 Å². The molecule has 0 radical (unpaired) electrons. The van der Waals surface area contributed by atoms with Crippen LogP contribution in [-0.2, 0) is 26.2 Å². The van der Waals surface area contributed by atoms with E-state index in [1.165, 1.54) is 9.87 Å². The Bertz CT molecular complexity index is 1070. The maximum absolute atomic E-state index is 12.7. The van der Waals surface area contributed by atoms with Gasteiger partial charge >= 0.3 is 0 Å². The fourth-order valence-electron chi connectivity index (χ4n) is 4.53. The molecule has 2 saturated heterocycles. The minimum absolute atomic E-state index is 0.106. The average molecular weight is 485 g/mol. The van der Waals surface area contributed by atoms with E-state index < -0.39 is 10.0 Å². The normalized spacial score (nSPS) is 19.8. The van der Waals surface area contributed by atoms with Crippen molar-refractivity contribution in [3.8, 4) is 0 Å². The number of likely N-dealkylation sites (tertiary alicyclic amines) is 1. The molecule has 1 atom stereocenters. The van der Waals surface area contributed by atoms with E-state index in [0.29, 0.717) is 13.1 Å². The third-order valence-corrected chi connectivity index (χ3v) is 8.34. The highest BCUT2D eigenvalue weighted by Crippen LogP contribution is 2.18. The lowest BCUT2D eigenvalue weighted by Gasteiger charge is -2.34. The van der Waals surface area contributed by atoms with Gasteiger partial charge in [0.05, 0.1) is 4.90 Å². The van der Waals surface area contributed by atoms with Crippen molar-refractivity contribution in [2.75, 3.05) is 39.3 Å². The highest BCUT2D eigenvalue weighted by Gasteiger charge is 2.30. The van der Waals surface area contributed by atoms with Crippen LogP contribution in [0.4, 0.5) is 0 Å². The highest BCUT2D eigenvalue weighted by molar-refractivity contribution is 7.89. The number of nitrogens with one attached hydrogen (secondary N) is 1. The van der Waals surface area contributed by atoms with E-state index in [1.54, 1.807) is 35.2 Å². The predicted octanol–water partition coefficient (Wildman–Crippen LogP) is 1.69. The number of nitrogens with zero attached hydrogens (tertiary/aromatic N) is 3. The molecule has 2 amide bonds. The van der Waals surface area contributed by atoms with Gasteiger partial charge in [0, 0.05) is 64.7 Å². The maximum Gasteiger partial charge on any atom is 0.243 e. The number of carbonyl (C=O) groups is 2. The summed E-state index contributed by atoms with van der Waals surface area (Å²) in [6.07, 6.45) is 1.19. The Hall–Kier alpha value is -2.75. The zero-order chi connectivity index (χ0) is 24.0. The number of rotatable bonds is 8. The first-order valence-electron chi connectivity index (χ1n) is 11.8. The van der Waals surface area contributed by atoms with E-state index in [2.05, 4.69) is 22.3 Å². The Labute approximate surface area is 201 Å². The van der Waals surface area contributed by atoms with Gasteiger partial charge in [-0.2, -0.15) is 4.31 Å². The summed E-state index contributed by atoms with van der Waals surface area (Å²) >= 11 is 0. The van der Waals surface area contributed by atoms with Crippen molar-refractivity contribution in [2.24, 2.45) is 0 Å². The largest absolute Gasteiger partial charge is 0.352 e. The van der Waals surface area contributed by atoms with Crippen molar-refractivity contribution in [1.29, 1.82) is 0 Å². The average Bonchev–Trinajstić information content (AvgIpc) is 3.30. The summed E-state index contributed by atoms with van der Waals surface area (Å²) in [5.74, 6) is -0.214. The molecule has 4 rings (SSSR count). The fraction of sp³-hybridized carbons (Fsp3) is 0.440. The summed E-state index contributed by atoms with van der Waals surface area (Å²) in [6, 6.07) is 18.7. The SMILES string of the molecule is O=C(CCC(=O)N1CCN(S(=O)(=O)c2ccccc2)CC1)N[C@@H]1CCN(Cc2ccccc2)C1. The molecule has 34 heavy (non-hydrogen) atoms. The first-order valence-corrected chi connectivity index (χ1v) is 13.2. The first-order chi connectivity index (χ1) is 16.4. The monoisotopic (exact) mass is 484 g/mol. The molecule has 8 nitrogen and oxygen atoms in total. The van der Waals surface area contributed by atoms with Crippen molar-refractivity contribution >= 4 is 21.8 Å². The predicted molar refractivity (Wildman–Crippen MR) is 129 cm³/mol. The lowest BCUT2D eigenvalue weighted by atomic mass is 10.2. The van der Waals surface area contributed by atoms with Crippen LogP contribution in [0.5, 0.6) is 0 Å². The highest BCUT2D eigenvalue weighted by atomic mass is 32.2. The van der Waals surface area contributed by atoms with Crippen molar-refractivity contribution < 1.29 is 18.0 Å². The van der Waals surface area contributed by atoms with Crippen molar-refractivity contribution in [3.05, 3.63) is 66.2 Å². The lowest BCUT2D eigenvalue weighted by Crippen LogP contribution is -2.50. The van der Waals surface area contributed by atoms with Gasteiger partial charge in [0.1, 0.15) is 0 Å². The number of hydrogen-bond acceptors (Lipinski definition) is 5. The molecule has 1 N–H and O–H groups in total. The van der Waals surface area contributed by atoms with Gasteiger partial charge in [0.15, 0.2) is 0 Å². The molecule has 2 heterocycles. The zero-order valence-corrected chi connectivity index (χ0v) is 20.1. The summed E-state index contributed by atoms with van der Waals surface area (Å²) in [5.41, 5.74) is 1.26. The lowest BCUT2D eigenvalue weighted by molar-refractivity contribution is -0.134. The second-order valence-corrected chi connectivity index (χ2v) is 10.8. The summed E-state index contributed by atoms with van der Waals surface area (Å²) in [5, 5.41) is 3.06. The number of sulfonamides is 1. The second kappa shape index (κ2) is 11.1. The third kappa shape index (κ3) is 6.22. The standard InChI is InChI=1S/C25H32N4O4S/c30-24(26-22-13-14-27(20-22)19-21-7-3-1-4-8-21)11-12-25(31)28-15-17-29(18-16-28)34(32,33)23-9-5-2-6-10-23/h1-10,22H,11-20H2,(H,26,30)/t22-/m1/s1. The van der Waals surface area contributed by atoms with E-state index in [4.69, 9.17) is 0 Å². The van der Waals surface area contributed by atoms with Gasteiger partial charge in [0.2, 0.25) is 21.8 Å². The van der Waals surface area contributed by atoms with Gasteiger partial charge in [0.25, 0.3) is 0 Å². The van der Waals surface area contributed by atoms with Gasteiger partial charge in [-0.15, -0.1) is 0 Å². The van der Waals surface area contributed by atoms with Crippen molar-refractivity contribution in [2.45, 2.75) is 36.7 Å². The van der Waals surface area contributed by atoms with Crippen LogP contribution in [0.3, 0.4) is 0 Å². The Morgan fingerprint density at radius 3 is 2.18 bits per heavy atom. The number of amides is 2.